The molecule has 1 fully saturated rings. The first kappa shape index (κ1) is 18.2. The minimum atomic E-state index is -0.265. The molecule has 1 heterocycles. The van der Waals surface area contributed by atoms with Crippen LogP contribution in [0.15, 0.2) is 42.5 Å². The van der Waals surface area contributed by atoms with Gasteiger partial charge in [-0.15, -0.1) is 0 Å². The summed E-state index contributed by atoms with van der Waals surface area (Å²) in [6.45, 7) is 1.69. The maximum atomic E-state index is 12.4. The predicted molar refractivity (Wildman–Crippen MR) is 106 cm³/mol. The summed E-state index contributed by atoms with van der Waals surface area (Å²) >= 11 is 0. The molecule has 1 aliphatic carbocycles. The van der Waals surface area contributed by atoms with Gasteiger partial charge < -0.3 is 20.1 Å². The lowest BCUT2D eigenvalue weighted by Crippen LogP contribution is -2.41. The Balaban J connectivity index is 1.46. The summed E-state index contributed by atoms with van der Waals surface area (Å²) in [7, 11) is 0. The molecule has 0 spiro atoms. The quantitative estimate of drug-likeness (QED) is 0.845. The minimum absolute atomic E-state index is 0.0956. The Morgan fingerprint density at radius 2 is 1.86 bits per heavy atom. The molecule has 1 aliphatic heterocycles. The summed E-state index contributed by atoms with van der Waals surface area (Å²) in [4.78, 5) is 12.4. The molecule has 2 N–H and O–H groups in total. The van der Waals surface area contributed by atoms with Crippen LogP contribution in [0.5, 0.6) is 11.5 Å². The second-order valence-corrected chi connectivity index (χ2v) is 7.35. The van der Waals surface area contributed by atoms with Gasteiger partial charge in [0.15, 0.2) is 11.5 Å². The average Bonchev–Trinajstić information content (AvgIpc) is 3.22. The molecule has 28 heavy (non-hydrogen) atoms. The van der Waals surface area contributed by atoms with Crippen molar-refractivity contribution in [3.8, 4) is 17.6 Å². The Hall–Kier alpha value is -3.20. The number of ether oxygens (including phenoxy) is 2. The van der Waals surface area contributed by atoms with Crippen molar-refractivity contribution in [1.29, 1.82) is 5.26 Å². The number of anilines is 1. The topological polar surface area (TPSA) is 83.4 Å². The zero-order valence-corrected chi connectivity index (χ0v) is 15.7. The number of carbonyl (C=O) groups is 1. The molecule has 0 saturated heterocycles. The van der Waals surface area contributed by atoms with Crippen molar-refractivity contribution in [3.05, 3.63) is 53.6 Å². The summed E-state index contributed by atoms with van der Waals surface area (Å²) in [6.07, 6.45) is 4.33. The molecule has 2 amide bonds. The van der Waals surface area contributed by atoms with Crippen molar-refractivity contribution < 1.29 is 14.3 Å². The van der Waals surface area contributed by atoms with E-state index in [9.17, 15) is 4.79 Å². The van der Waals surface area contributed by atoms with Gasteiger partial charge in [0.2, 0.25) is 0 Å². The Kier molecular flexibility index (Phi) is 5.07. The van der Waals surface area contributed by atoms with Crippen molar-refractivity contribution in [3.63, 3.8) is 0 Å². The number of nitrogens with one attached hydrogen (secondary N) is 2. The van der Waals surface area contributed by atoms with Crippen LogP contribution in [-0.4, -0.2) is 25.8 Å². The fourth-order valence-electron chi connectivity index (χ4n) is 4.08. The lowest BCUT2D eigenvalue weighted by atomic mass is 9.78. The standard InChI is InChI=1S/C22H23N3O3/c23-14-16-4-3-5-18(12-16)25-21(26)24-15-22(8-1-2-9-22)17-6-7-19-20(13-17)28-11-10-27-19/h3-7,12-13H,1-2,8-11,15H2,(H2,24,25,26). The molecule has 2 aromatic rings. The third-order valence-electron chi connectivity index (χ3n) is 5.55. The number of benzene rings is 2. The Morgan fingerprint density at radius 1 is 1.07 bits per heavy atom. The van der Waals surface area contributed by atoms with Crippen molar-refractivity contribution >= 4 is 11.7 Å². The van der Waals surface area contributed by atoms with Gasteiger partial charge in [0.25, 0.3) is 0 Å². The fraction of sp³-hybridized carbons (Fsp3) is 0.364. The molecule has 1 saturated carbocycles. The monoisotopic (exact) mass is 377 g/mol. The number of urea groups is 1. The van der Waals surface area contributed by atoms with Crippen LogP contribution in [0.25, 0.3) is 0 Å². The van der Waals surface area contributed by atoms with Gasteiger partial charge in [-0.05, 0) is 48.7 Å². The van der Waals surface area contributed by atoms with Gasteiger partial charge in [-0.1, -0.05) is 25.0 Å². The molecule has 0 atom stereocenters. The molecule has 0 aromatic heterocycles. The SMILES string of the molecule is N#Cc1cccc(NC(=O)NCC2(c3ccc4c(c3)OCCO4)CCCC2)c1. The molecule has 6 heteroatoms. The lowest BCUT2D eigenvalue weighted by molar-refractivity contribution is 0.171. The van der Waals surface area contributed by atoms with E-state index in [1.54, 1.807) is 24.3 Å². The summed E-state index contributed by atoms with van der Waals surface area (Å²) < 4.78 is 11.4. The average molecular weight is 377 g/mol. The van der Waals surface area contributed by atoms with E-state index in [0.717, 1.165) is 37.2 Å². The molecular weight excluding hydrogens is 354 g/mol. The van der Waals surface area contributed by atoms with E-state index >= 15 is 0 Å². The highest BCUT2D eigenvalue weighted by atomic mass is 16.6. The summed E-state index contributed by atoms with van der Waals surface area (Å²) in [5.41, 5.74) is 2.21. The van der Waals surface area contributed by atoms with Gasteiger partial charge >= 0.3 is 6.03 Å². The van der Waals surface area contributed by atoms with Gasteiger partial charge in [-0.3, -0.25) is 0 Å². The summed E-state index contributed by atoms with van der Waals surface area (Å²) in [5.74, 6) is 1.57. The Labute approximate surface area is 164 Å². The number of hydrogen-bond acceptors (Lipinski definition) is 4. The van der Waals surface area contributed by atoms with Crippen LogP contribution < -0.4 is 20.1 Å². The zero-order chi connectivity index (χ0) is 19.4. The second-order valence-electron chi connectivity index (χ2n) is 7.35. The highest BCUT2D eigenvalue weighted by Gasteiger charge is 2.36. The fourth-order valence-corrected chi connectivity index (χ4v) is 4.08. The highest BCUT2D eigenvalue weighted by molar-refractivity contribution is 5.89. The summed E-state index contributed by atoms with van der Waals surface area (Å²) in [5, 5.41) is 14.8. The predicted octanol–water partition coefficient (Wildman–Crippen LogP) is 3.96. The van der Waals surface area contributed by atoms with Crippen molar-refractivity contribution in [2.75, 3.05) is 25.1 Å². The number of nitriles is 1. The van der Waals surface area contributed by atoms with Crippen molar-refractivity contribution in [1.82, 2.24) is 5.32 Å². The van der Waals surface area contributed by atoms with Gasteiger partial charge in [0.05, 0.1) is 11.6 Å². The van der Waals surface area contributed by atoms with Gasteiger partial charge in [-0.25, -0.2) is 4.79 Å². The minimum Gasteiger partial charge on any atom is -0.486 e. The molecule has 0 bridgehead atoms. The molecule has 144 valence electrons. The molecular formula is C22H23N3O3. The number of fused-ring (bicyclic) bond motifs is 1. The van der Waals surface area contributed by atoms with Crippen molar-refractivity contribution in [2.45, 2.75) is 31.1 Å². The van der Waals surface area contributed by atoms with Crippen LogP contribution >= 0.6 is 0 Å². The zero-order valence-electron chi connectivity index (χ0n) is 15.7. The van der Waals surface area contributed by atoms with Crippen LogP contribution in [0, 0.1) is 11.3 Å². The van der Waals surface area contributed by atoms with Crippen LogP contribution in [0.1, 0.15) is 36.8 Å². The Morgan fingerprint density at radius 3 is 2.64 bits per heavy atom. The molecule has 0 unspecified atom stereocenters. The number of nitrogens with zero attached hydrogens (tertiary/aromatic N) is 1. The van der Waals surface area contributed by atoms with Gasteiger partial charge in [0.1, 0.15) is 13.2 Å². The number of hydrogen-bond donors (Lipinski definition) is 2. The normalized spacial score (nSPS) is 16.8. The van der Waals surface area contributed by atoms with Gasteiger partial charge in [-0.2, -0.15) is 5.26 Å². The third-order valence-corrected chi connectivity index (χ3v) is 5.55. The van der Waals surface area contributed by atoms with Crippen LogP contribution in [-0.2, 0) is 5.41 Å². The largest absolute Gasteiger partial charge is 0.486 e. The lowest BCUT2D eigenvalue weighted by Gasteiger charge is -2.31. The van der Waals surface area contributed by atoms with E-state index in [0.29, 0.717) is 31.0 Å². The van der Waals surface area contributed by atoms with Crippen LogP contribution in [0.4, 0.5) is 10.5 Å². The van der Waals surface area contributed by atoms with E-state index in [2.05, 4.69) is 28.8 Å². The highest BCUT2D eigenvalue weighted by Crippen LogP contribution is 2.43. The first-order valence-corrected chi connectivity index (χ1v) is 9.64. The van der Waals surface area contributed by atoms with E-state index in [-0.39, 0.29) is 11.4 Å². The number of amides is 2. The first-order valence-electron chi connectivity index (χ1n) is 9.64. The Bertz CT molecular complexity index is 913. The van der Waals surface area contributed by atoms with E-state index in [4.69, 9.17) is 14.7 Å². The maximum absolute atomic E-state index is 12.4. The van der Waals surface area contributed by atoms with Crippen LogP contribution in [0.3, 0.4) is 0 Å². The van der Waals surface area contributed by atoms with Gasteiger partial charge in [0, 0.05) is 17.6 Å². The molecule has 0 radical (unpaired) electrons. The number of carbonyl (C=O) groups excluding carboxylic acids is 1. The third kappa shape index (κ3) is 3.74. The first-order chi connectivity index (χ1) is 13.7. The number of rotatable bonds is 4. The molecule has 2 aliphatic rings. The maximum Gasteiger partial charge on any atom is 0.319 e. The second kappa shape index (κ2) is 7.81. The van der Waals surface area contributed by atoms with Crippen LogP contribution in [0.2, 0.25) is 0 Å². The molecule has 2 aromatic carbocycles. The van der Waals surface area contributed by atoms with E-state index < -0.39 is 0 Å². The smallest absolute Gasteiger partial charge is 0.319 e. The summed E-state index contributed by atoms with van der Waals surface area (Å²) in [6, 6.07) is 14.8. The van der Waals surface area contributed by atoms with Crippen molar-refractivity contribution in [2.24, 2.45) is 0 Å². The molecule has 4 rings (SSSR count). The van der Waals surface area contributed by atoms with E-state index in [1.165, 1.54) is 5.56 Å². The van der Waals surface area contributed by atoms with E-state index in [1.807, 2.05) is 6.07 Å². The molecule has 6 nitrogen and oxygen atoms in total.